The van der Waals surface area contributed by atoms with E-state index in [2.05, 4.69) is 36.4 Å². The van der Waals surface area contributed by atoms with Gasteiger partial charge < -0.3 is 10.5 Å². The van der Waals surface area contributed by atoms with E-state index >= 15 is 0 Å². The summed E-state index contributed by atoms with van der Waals surface area (Å²) in [7, 11) is 0. The topological polar surface area (TPSA) is 91.7 Å². The molecule has 0 aliphatic carbocycles. The molecule has 0 atom stereocenters. The molecule has 10 heteroatoms. The SMILES string of the molecule is CC(C)Oc1ccc(-n2nnnc2-c2cc(Br)cnc2N)c(F)c1F. The number of ether oxygens (including phenoxy) is 1. The van der Waals surface area contributed by atoms with Crippen LogP contribution < -0.4 is 10.5 Å². The van der Waals surface area contributed by atoms with Crippen LogP contribution in [0.2, 0.25) is 0 Å². The van der Waals surface area contributed by atoms with Gasteiger partial charge in [0.2, 0.25) is 5.82 Å². The van der Waals surface area contributed by atoms with Gasteiger partial charge in [0, 0.05) is 10.7 Å². The molecule has 0 aliphatic heterocycles. The lowest BCUT2D eigenvalue weighted by Gasteiger charge is -2.13. The van der Waals surface area contributed by atoms with Crippen molar-refractivity contribution in [1.29, 1.82) is 0 Å². The zero-order valence-electron chi connectivity index (χ0n) is 13.2. The van der Waals surface area contributed by atoms with Crippen molar-refractivity contribution in [2.45, 2.75) is 20.0 Å². The smallest absolute Gasteiger partial charge is 0.202 e. The van der Waals surface area contributed by atoms with Gasteiger partial charge in [-0.1, -0.05) is 0 Å². The number of nitrogens with two attached hydrogens (primary N) is 1. The summed E-state index contributed by atoms with van der Waals surface area (Å²) in [4.78, 5) is 3.99. The Morgan fingerprint density at radius 1 is 1.24 bits per heavy atom. The molecule has 2 heterocycles. The molecular formula is C15H13BrF2N6O. The van der Waals surface area contributed by atoms with Crippen LogP contribution in [0, 0.1) is 11.6 Å². The number of rotatable bonds is 4. The van der Waals surface area contributed by atoms with E-state index in [-0.39, 0.29) is 29.2 Å². The summed E-state index contributed by atoms with van der Waals surface area (Å²) < 4.78 is 35.7. The minimum atomic E-state index is -1.13. The number of hydrogen-bond acceptors (Lipinski definition) is 6. The lowest BCUT2D eigenvalue weighted by Crippen LogP contribution is -2.10. The molecule has 3 rings (SSSR count). The van der Waals surface area contributed by atoms with Crippen LogP contribution in [0.4, 0.5) is 14.6 Å². The number of aromatic nitrogens is 5. The molecule has 130 valence electrons. The molecule has 0 radical (unpaired) electrons. The highest BCUT2D eigenvalue weighted by atomic mass is 79.9. The Hall–Kier alpha value is -2.62. The number of nitrogen functional groups attached to an aromatic ring is 1. The maximum absolute atomic E-state index is 14.5. The van der Waals surface area contributed by atoms with Crippen LogP contribution in [0.3, 0.4) is 0 Å². The molecule has 3 aromatic rings. The summed E-state index contributed by atoms with van der Waals surface area (Å²) in [6.07, 6.45) is 1.21. The normalized spacial score (nSPS) is 11.1. The Balaban J connectivity index is 2.12. The fraction of sp³-hybridized carbons (Fsp3) is 0.200. The van der Waals surface area contributed by atoms with Gasteiger partial charge in [0.05, 0.1) is 11.7 Å². The molecule has 0 saturated carbocycles. The average molecular weight is 411 g/mol. The Bertz CT molecular complexity index is 930. The van der Waals surface area contributed by atoms with Gasteiger partial charge in [-0.05, 0) is 58.4 Å². The van der Waals surface area contributed by atoms with Gasteiger partial charge in [0.1, 0.15) is 11.5 Å². The average Bonchev–Trinajstić information content (AvgIpc) is 3.03. The maximum Gasteiger partial charge on any atom is 0.202 e. The fourth-order valence-electron chi connectivity index (χ4n) is 2.18. The van der Waals surface area contributed by atoms with Crippen LogP contribution in [-0.4, -0.2) is 31.3 Å². The summed E-state index contributed by atoms with van der Waals surface area (Å²) in [6.45, 7) is 3.43. The van der Waals surface area contributed by atoms with Crippen molar-refractivity contribution < 1.29 is 13.5 Å². The van der Waals surface area contributed by atoms with Crippen LogP contribution in [0.5, 0.6) is 5.75 Å². The molecular weight excluding hydrogens is 398 g/mol. The van der Waals surface area contributed by atoms with E-state index < -0.39 is 11.6 Å². The Morgan fingerprint density at radius 2 is 2.00 bits per heavy atom. The van der Waals surface area contributed by atoms with Gasteiger partial charge in [0.25, 0.3) is 0 Å². The molecule has 0 fully saturated rings. The second-order valence-corrected chi connectivity index (χ2v) is 6.29. The van der Waals surface area contributed by atoms with Gasteiger partial charge in [-0.25, -0.2) is 9.37 Å². The second-order valence-electron chi connectivity index (χ2n) is 5.38. The van der Waals surface area contributed by atoms with Crippen LogP contribution in [0.1, 0.15) is 13.8 Å². The molecule has 25 heavy (non-hydrogen) atoms. The Labute approximate surface area is 149 Å². The number of pyridine rings is 1. The van der Waals surface area contributed by atoms with Crippen molar-refractivity contribution in [1.82, 2.24) is 25.2 Å². The summed E-state index contributed by atoms with van der Waals surface area (Å²) in [6, 6.07) is 4.29. The standard InChI is InChI=1S/C15H13BrF2N6O/c1-7(2)25-11-4-3-10(12(17)13(11)18)24-15(21-22-23-24)9-5-8(16)6-20-14(9)19/h3-7H,1-2H3,(H2,19,20). The zero-order valence-corrected chi connectivity index (χ0v) is 14.8. The number of anilines is 1. The molecule has 7 nitrogen and oxygen atoms in total. The third-order valence-electron chi connectivity index (χ3n) is 3.21. The van der Waals surface area contributed by atoms with Crippen LogP contribution >= 0.6 is 15.9 Å². The van der Waals surface area contributed by atoms with E-state index in [1.807, 2.05) is 0 Å². The number of tetrazole rings is 1. The van der Waals surface area contributed by atoms with E-state index in [9.17, 15) is 8.78 Å². The Kier molecular flexibility index (Phi) is 4.62. The number of nitrogens with zero attached hydrogens (tertiary/aromatic N) is 5. The van der Waals surface area contributed by atoms with Gasteiger partial charge in [-0.2, -0.15) is 9.07 Å². The Morgan fingerprint density at radius 3 is 2.72 bits per heavy atom. The first-order chi connectivity index (χ1) is 11.9. The molecule has 2 aromatic heterocycles. The molecule has 0 amide bonds. The fourth-order valence-corrected chi connectivity index (χ4v) is 2.51. The first-order valence-electron chi connectivity index (χ1n) is 7.23. The quantitative estimate of drug-likeness (QED) is 0.710. The lowest BCUT2D eigenvalue weighted by atomic mass is 10.2. The molecule has 0 aliphatic rings. The monoisotopic (exact) mass is 410 g/mol. The lowest BCUT2D eigenvalue weighted by molar-refractivity contribution is 0.228. The number of benzene rings is 1. The second kappa shape index (κ2) is 6.71. The minimum absolute atomic E-state index is 0.127. The van der Waals surface area contributed by atoms with E-state index in [1.165, 1.54) is 18.3 Å². The molecule has 1 aromatic carbocycles. The summed E-state index contributed by atoms with van der Waals surface area (Å²) in [5.41, 5.74) is 6.05. The largest absolute Gasteiger partial charge is 0.488 e. The summed E-state index contributed by atoms with van der Waals surface area (Å²) in [5, 5.41) is 11.1. The van der Waals surface area contributed by atoms with E-state index in [0.29, 0.717) is 10.0 Å². The summed E-state index contributed by atoms with van der Waals surface area (Å²) in [5.74, 6) is -2.15. The van der Waals surface area contributed by atoms with Crippen LogP contribution in [0.25, 0.3) is 17.1 Å². The predicted octanol–water partition coefficient (Wildman–Crippen LogP) is 3.13. The predicted molar refractivity (Wildman–Crippen MR) is 90.2 cm³/mol. The first-order valence-corrected chi connectivity index (χ1v) is 8.02. The highest BCUT2D eigenvalue weighted by Gasteiger charge is 2.21. The van der Waals surface area contributed by atoms with Gasteiger partial charge >= 0.3 is 0 Å². The minimum Gasteiger partial charge on any atom is -0.488 e. The maximum atomic E-state index is 14.5. The van der Waals surface area contributed by atoms with E-state index in [0.717, 1.165) is 4.68 Å². The van der Waals surface area contributed by atoms with Crippen molar-refractivity contribution in [3.8, 4) is 22.8 Å². The van der Waals surface area contributed by atoms with Crippen LogP contribution in [0.15, 0.2) is 28.9 Å². The van der Waals surface area contributed by atoms with Crippen molar-refractivity contribution in [3.63, 3.8) is 0 Å². The third-order valence-corrected chi connectivity index (χ3v) is 3.65. The molecule has 0 saturated heterocycles. The first kappa shape index (κ1) is 17.2. The highest BCUT2D eigenvalue weighted by molar-refractivity contribution is 9.10. The van der Waals surface area contributed by atoms with E-state index in [4.69, 9.17) is 10.5 Å². The van der Waals surface area contributed by atoms with Crippen LogP contribution in [-0.2, 0) is 0 Å². The number of halogens is 3. The van der Waals surface area contributed by atoms with E-state index in [1.54, 1.807) is 19.9 Å². The van der Waals surface area contributed by atoms with Gasteiger partial charge in [0.15, 0.2) is 17.4 Å². The molecule has 0 spiro atoms. The van der Waals surface area contributed by atoms with Crippen molar-refractivity contribution >= 4 is 21.7 Å². The molecule has 0 bridgehead atoms. The molecule has 0 unspecified atom stereocenters. The van der Waals surface area contributed by atoms with Gasteiger partial charge in [-0.15, -0.1) is 5.10 Å². The molecule has 2 N–H and O–H groups in total. The van der Waals surface area contributed by atoms with Gasteiger partial charge in [-0.3, -0.25) is 0 Å². The van der Waals surface area contributed by atoms with Crippen molar-refractivity contribution in [2.75, 3.05) is 5.73 Å². The zero-order chi connectivity index (χ0) is 18.1. The van der Waals surface area contributed by atoms with Crippen molar-refractivity contribution in [3.05, 3.63) is 40.5 Å². The highest BCUT2D eigenvalue weighted by Crippen LogP contribution is 2.30. The number of hydrogen-bond donors (Lipinski definition) is 1. The van der Waals surface area contributed by atoms with Crippen molar-refractivity contribution in [2.24, 2.45) is 0 Å². The third kappa shape index (κ3) is 3.29. The summed E-state index contributed by atoms with van der Waals surface area (Å²) >= 11 is 3.27.